The van der Waals surface area contributed by atoms with Crippen molar-refractivity contribution in [3.63, 3.8) is 0 Å². The summed E-state index contributed by atoms with van der Waals surface area (Å²) < 4.78 is 1.48. The molecule has 0 saturated carbocycles. The third-order valence-electron chi connectivity index (χ3n) is 2.98. The van der Waals surface area contributed by atoms with Gasteiger partial charge in [0.05, 0.1) is 0 Å². The zero-order valence-electron chi connectivity index (χ0n) is 9.94. The summed E-state index contributed by atoms with van der Waals surface area (Å²) in [5, 5.41) is 3.84. The molecule has 0 aliphatic heterocycles. The fourth-order valence-corrected chi connectivity index (χ4v) is 4.54. The van der Waals surface area contributed by atoms with Crippen molar-refractivity contribution in [2.75, 3.05) is 9.86 Å². The first-order valence-corrected chi connectivity index (χ1v) is 10.9. The van der Waals surface area contributed by atoms with Crippen LogP contribution in [0.5, 0.6) is 0 Å². The van der Waals surface area contributed by atoms with Crippen LogP contribution in [0.15, 0.2) is 48.7 Å². The molecule has 2 aromatic carbocycles. The molecular weight excluding hydrogens is 321 g/mol. The molecule has 2 heteroatoms. The predicted molar refractivity (Wildman–Crippen MR) is 83.8 cm³/mol. The zero-order valence-corrected chi connectivity index (χ0v) is 12.1. The third kappa shape index (κ3) is 1.80. The zero-order chi connectivity index (χ0) is 11.8. The number of hydrogen-bond donors (Lipinski definition) is 0. The molecule has 0 N–H and O–H groups in total. The van der Waals surface area contributed by atoms with Crippen LogP contribution < -0.4 is 0 Å². The fraction of sp³-hybridized carbons (Fsp3) is 0.133. The third-order valence-corrected chi connectivity index (χ3v) is 6.17. The van der Waals surface area contributed by atoms with Gasteiger partial charge in [0, 0.05) is 0 Å². The molecule has 0 unspecified atom stereocenters. The predicted octanol–water partition coefficient (Wildman–Crippen LogP) is 4.32. The van der Waals surface area contributed by atoms with Crippen molar-refractivity contribution < 1.29 is 0 Å². The van der Waals surface area contributed by atoms with Gasteiger partial charge in [0.2, 0.25) is 0 Å². The Labute approximate surface area is 108 Å². The van der Waals surface area contributed by atoms with Crippen LogP contribution in [0.4, 0.5) is 0 Å². The van der Waals surface area contributed by atoms with Gasteiger partial charge in [0.25, 0.3) is 0 Å². The summed E-state index contributed by atoms with van der Waals surface area (Å²) in [6.45, 7) is 0. The summed E-state index contributed by atoms with van der Waals surface area (Å²) in [5.74, 6) is 0. The van der Waals surface area contributed by atoms with Gasteiger partial charge in [-0.3, -0.25) is 0 Å². The van der Waals surface area contributed by atoms with E-state index in [4.69, 9.17) is 0 Å². The summed E-state index contributed by atoms with van der Waals surface area (Å²) in [6.07, 6.45) is 2.00. The average Bonchev–Trinajstić information content (AvgIpc) is 2.37. The van der Waals surface area contributed by atoms with Crippen molar-refractivity contribution in [1.29, 1.82) is 0 Å². The molecule has 0 amide bonds. The van der Waals surface area contributed by atoms with E-state index < -0.39 is 19.8 Å². The van der Waals surface area contributed by atoms with Crippen LogP contribution in [-0.4, -0.2) is 14.8 Å². The van der Waals surface area contributed by atoms with E-state index in [1.807, 2.05) is 6.20 Å². The van der Waals surface area contributed by atoms with Crippen molar-refractivity contribution in [3.05, 3.63) is 52.2 Å². The van der Waals surface area contributed by atoms with Gasteiger partial charge in [0.15, 0.2) is 0 Å². The Balaban J connectivity index is 2.48. The molecule has 0 aliphatic carbocycles. The molecule has 0 atom stereocenters. The Morgan fingerprint density at radius 2 is 1.65 bits per heavy atom. The van der Waals surface area contributed by atoms with E-state index in [0.29, 0.717) is 0 Å². The van der Waals surface area contributed by atoms with Crippen molar-refractivity contribution in [2.45, 2.75) is 0 Å². The summed E-state index contributed by atoms with van der Waals surface area (Å²) in [7, 11) is 0. The van der Waals surface area contributed by atoms with E-state index in [1.165, 1.54) is 25.2 Å². The first kappa shape index (κ1) is 11.0. The molecule has 3 rings (SSSR count). The van der Waals surface area contributed by atoms with Crippen molar-refractivity contribution in [1.82, 2.24) is 4.98 Å². The summed E-state index contributed by atoms with van der Waals surface area (Å²) in [5.41, 5.74) is 1.21. The fourth-order valence-electron chi connectivity index (χ4n) is 2.16. The number of benzene rings is 2. The molecule has 17 heavy (non-hydrogen) atoms. The van der Waals surface area contributed by atoms with Crippen molar-refractivity contribution in [3.8, 4) is 0 Å². The Morgan fingerprint density at radius 3 is 2.47 bits per heavy atom. The number of para-hydroxylation sites is 1. The van der Waals surface area contributed by atoms with Crippen LogP contribution in [-0.2, 0) is 0 Å². The van der Waals surface area contributed by atoms with E-state index in [2.05, 4.69) is 57.3 Å². The van der Waals surface area contributed by atoms with Gasteiger partial charge in [-0.05, 0) is 0 Å². The molecule has 0 fully saturated rings. The Hall–Kier alpha value is -1.16. The number of alkyl halides is 2. The van der Waals surface area contributed by atoms with Crippen LogP contribution in [0.3, 0.4) is 0 Å². The van der Waals surface area contributed by atoms with Gasteiger partial charge >= 0.3 is 109 Å². The quantitative estimate of drug-likeness (QED) is 0.367. The Kier molecular flexibility index (Phi) is 2.74. The molecule has 1 heterocycles. The van der Waals surface area contributed by atoms with E-state index >= 15 is 0 Å². The second-order valence-corrected chi connectivity index (χ2v) is 9.71. The van der Waals surface area contributed by atoms with Crippen molar-refractivity contribution in [2.24, 2.45) is 0 Å². The van der Waals surface area contributed by atoms with Crippen molar-refractivity contribution >= 4 is 41.5 Å². The van der Waals surface area contributed by atoms with Gasteiger partial charge in [0.1, 0.15) is 0 Å². The molecule has 3 aromatic rings. The normalized spacial score (nSPS) is 12.0. The number of aromatic nitrogens is 1. The Bertz CT molecular complexity index is 689. The summed E-state index contributed by atoms with van der Waals surface area (Å²) in [4.78, 5) is 9.41. The van der Waals surface area contributed by atoms with Gasteiger partial charge in [-0.1, -0.05) is 0 Å². The van der Waals surface area contributed by atoms with Crippen LogP contribution in [0.2, 0.25) is 0 Å². The SMILES string of the molecule is CI(C)c1cccc2c1ncc1ccccc12. The maximum atomic E-state index is 4.67. The first-order valence-electron chi connectivity index (χ1n) is 5.54. The molecule has 1 aromatic heterocycles. The van der Waals surface area contributed by atoms with Gasteiger partial charge in [-0.2, -0.15) is 0 Å². The Morgan fingerprint density at radius 1 is 0.882 bits per heavy atom. The second-order valence-electron chi connectivity index (χ2n) is 4.24. The van der Waals surface area contributed by atoms with E-state index in [-0.39, 0.29) is 0 Å². The van der Waals surface area contributed by atoms with Crippen LogP contribution in [0.25, 0.3) is 21.7 Å². The molecule has 0 saturated heterocycles. The topological polar surface area (TPSA) is 12.9 Å². The number of fused-ring (bicyclic) bond motifs is 3. The average molecular weight is 335 g/mol. The number of halogens is 1. The van der Waals surface area contributed by atoms with E-state index in [9.17, 15) is 0 Å². The second kappa shape index (κ2) is 4.26. The minimum absolute atomic E-state index is 0.992. The molecule has 0 aliphatic rings. The minimum atomic E-state index is -0.992. The van der Waals surface area contributed by atoms with Crippen LogP contribution in [0, 0.1) is 3.57 Å². The molecule has 0 bridgehead atoms. The molecular formula is C15H14IN. The maximum absolute atomic E-state index is 4.67. The van der Waals surface area contributed by atoms with Gasteiger partial charge < -0.3 is 0 Å². The number of nitrogens with zero attached hydrogens (tertiary/aromatic N) is 1. The first-order chi connectivity index (χ1) is 8.27. The number of rotatable bonds is 1. The molecule has 86 valence electrons. The standard InChI is InChI=1S/C15H14IN/c1-16(2)14-9-5-8-13-12-7-4-3-6-11(12)10-17-15(13)14/h3-10H,1-2H3. The molecule has 1 nitrogen and oxygen atoms in total. The van der Waals surface area contributed by atoms with Gasteiger partial charge in [-0.25, -0.2) is 0 Å². The van der Waals surface area contributed by atoms with Gasteiger partial charge in [-0.15, -0.1) is 0 Å². The summed E-state index contributed by atoms with van der Waals surface area (Å²) in [6, 6.07) is 15.1. The van der Waals surface area contributed by atoms with E-state index in [1.54, 1.807) is 0 Å². The number of hydrogen-bond acceptors (Lipinski definition) is 1. The molecule has 0 radical (unpaired) electrons. The van der Waals surface area contributed by atoms with Crippen LogP contribution >= 0.6 is 19.8 Å². The number of pyridine rings is 1. The van der Waals surface area contributed by atoms with E-state index in [0.717, 1.165) is 0 Å². The summed E-state index contributed by atoms with van der Waals surface area (Å²) >= 11 is -0.992. The van der Waals surface area contributed by atoms with Crippen LogP contribution in [0.1, 0.15) is 0 Å². The molecule has 0 spiro atoms. The monoisotopic (exact) mass is 335 g/mol.